The third-order valence-corrected chi connectivity index (χ3v) is 5.50. The summed E-state index contributed by atoms with van der Waals surface area (Å²) in [6.45, 7) is 7.80. The van der Waals surface area contributed by atoms with Gasteiger partial charge in [-0.25, -0.2) is 4.79 Å². The largest absolute Gasteiger partial charge is 0.497 e. The summed E-state index contributed by atoms with van der Waals surface area (Å²) < 4.78 is 7.29. The highest BCUT2D eigenvalue weighted by Gasteiger charge is 2.22. The number of carboxylic acid groups (broad SMARTS) is 1. The molecule has 0 fully saturated rings. The molecule has 29 heavy (non-hydrogen) atoms. The maximum absolute atomic E-state index is 12.0. The number of hydrogen-bond donors (Lipinski definition) is 2. The monoisotopic (exact) mass is 392 g/mol. The molecule has 0 saturated carbocycles. The summed E-state index contributed by atoms with van der Waals surface area (Å²) in [7, 11) is 1.65. The van der Waals surface area contributed by atoms with Gasteiger partial charge >= 0.3 is 5.97 Å². The van der Waals surface area contributed by atoms with Crippen molar-refractivity contribution in [1.29, 1.82) is 0 Å². The van der Waals surface area contributed by atoms with Gasteiger partial charge in [-0.15, -0.1) is 0 Å². The zero-order valence-electron chi connectivity index (χ0n) is 17.5. The number of methoxy groups -OCH3 is 1. The van der Waals surface area contributed by atoms with Gasteiger partial charge in [-0.3, -0.25) is 0 Å². The van der Waals surface area contributed by atoms with Gasteiger partial charge in [-0.1, -0.05) is 36.4 Å². The Labute approximate surface area is 172 Å². The zero-order chi connectivity index (χ0) is 21.0. The van der Waals surface area contributed by atoms with Crippen LogP contribution in [0.1, 0.15) is 44.0 Å². The van der Waals surface area contributed by atoms with E-state index in [1.165, 1.54) is 11.1 Å². The van der Waals surface area contributed by atoms with Crippen LogP contribution in [0.3, 0.4) is 0 Å². The van der Waals surface area contributed by atoms with Crippen LogP contribution in [0.2, 0.25) is 0 Å². The van der Waals surface area contributed by atoms with Crippen molar-refractivity contribution in [3.8, 4) is 5.75 Å². The van der Waals surface area contributed by atoms with Gasteiger partial charge in [0.1, 0.15) is 5.75 Å². The summed E-state index contributed by atoms with van der Waals surface area (Å²) in [5.74, 6) is -0.0583. The van der Waals surface area contributed by atoms with Crippen molar-refractivity contribution in [2.75, 3.05) is 7.11 Å². The Kier molecular flexibility index (Phi) is 6.39. The first-order chi connectivity index (χ1) is 13.9. The fourth-order valence-electron chi connectivity index (χ4n) is 3.72. The standard InChI is InChI=1S/C24H28N2O3/c1-16-7-5-6-8-20(16)15-26-17(2)22(23(18(26)3)24(27)28)14-25-13-19-9-11-21(29-4)12-10-19/h5-12,25H,13-15H2,1-4H3,(H,27,28). The van der Waals surface area contributed by atoms with Gasteiger partial charge in [-0.2, -0.15) is 0 Å². The Morgan fingerprint density at radius 2 is 1.69 bits per heavy atom. The van der Waals surface area contributed by atoms with Crippen LogP contribution < -0.4 is 10.1 Å². The van der Waals surface area contributed by atoms with Gasteiger partial charge in [0.15, 0.2) is 0 Å². The van der Waals surface area contributed by atoms with E-state index in [-0.39, 0.29) is 0 Å². The number of carbonyl (C=O) groups is 1. The molecule has 0 bridgehead atoms. The van der Waals surface area contributed by atoms with E-state index >= 15 is 0 Å². The Bertz CT molecular complexity index is 1000. The molecule has 5 nitrogen and oxygen atoms in total. The van der Waals surface area contributed by atoms with Gasteiger partial charge in [-0.05, 0) is 49.6 Å². The highest BCUT2D eigenvalue weighted by Crippen LogP contribution is 2.25. The molecule has 1 aromatic heterocycles. The number of aromatic carboxylic acids is 1. The van der Waals surface area contributed by atoms with Gasteiger partial charge in [0.25, 0.3) is 0 Å². The number of hydrogen-bond acceptors (Lipinski definition) is 3. The van der Waals surface area contributed by atoms with Crippen molar-refractivity contribution >= 4 is 5.97 Å². The van der Waals surface area contributed by atoms with E-state index in [1.807, 2.05) is 50.2 Å². The fourth-order valence-corrected chi connectivity index (χ4v) is 3.72. The van der Waals surface area contributed by atoms with E-state index in [0.717, 1.165) is 28.3 Å². The summed E-state index contributed by atoms with van der Waals surface area (Å²) in [4.78, 5) is 12.0. The van der Waals surface area contributed by atoms with E-state index in [4.69, 9.17) is 4.74 Å². The molecule has 5 heteroatoms. The number of carboxylic acids is 1. The molecular weight excluding hydrogens is 364 g/mol. The lowest BCUT2D eigenvalue weighted by molar-refractivity contribution is 0.0694. The predicted molar refractivity (Wildman–Crippen MR) is 115 cm³/mol. The van der Waals surface area contributed by atoms with Crippen molar-refractivity contribution in [2.24, 2.45) is 0 Å². The molecule has 0 spiro atoms. The van der Waals surface area contributed by atoms with Crippen LogP contribution in [0.5, 0.6) is 5.75 Å². The van der Waals surface area contributed by atoms with Crippen LogP contribution >= 0.6 is 0 Å². The molecule has 0 radical (unpaired) electrons. The molecule has 3 rings (SSSR count). The number of aromatic nitrogens is 1. The number of nitrogens with zero attached hydrogens (tertiary/aromatic N) is 1. The zero-order valence-corrected chi connectivity index (χ0v) is 17.5. The molecule has 0 unspecified atom stereocenters. The molecule has 0 amide bonds. The second-order valence-electron chi connectivity index (χ2n) is 7.29. The Hall–Kier alpha value is -3.05. The number of nitrogens with one attached hydrogen (secondary N) is 1. The lowest BCUT2D eigenvalue weighted by Gasteiger charge is -2.12. The minimum absolute atomic E-state index is 0.401. The Balaban J connectivity index is 1.81. The van der Waals surface area contributed by atoms with Crippen molar-refractivity contribution < 1.29 is 14.6 Å². The fraction of sp³-hybridized carbons (Fsp3) is 0.292. The highest BCUT2D eigenvalue weighted by atomic mass is 16.5. The first-order valence-electron chi connectivity index (χ1n) is 9.72. The molecule has 0 aliphatic rings. The first kappa shape index (κ1) is 20.7. The Morgan fingerprint density at radius 1 is 1.00 bits per heavy atom. The molecule has 152 valence electrons. The van der Waals surface area contributed by atoms with Crippen LogP contribution in [0.25, 0.3) is 0 Å². The third-order valence-electron chi connectivity index (χ3n) is 5.50. The first-order valence-corrected chi connectivity index (χ1v) is 9.72. The number of benzene rings is 2. The molecular formula is C24H28N2O3. The molecule has 2 N–H and O–H groups in total. The smallest absolute Gasteiger partial charge is 0.337 e. The van der Waals surface area contributed by atoms with Crippen LogP contribution in [0, 0.1) is 20.8 Å². The van der Waals surface area contributed by atoms with Crippen molar-refractivity contribution in [3.05, 3.63) is 87.7 Å². The average Bonchev–Trinajstić information content (AvgIpc) is 2.94. The molecule has 0 aliphatic carbocycles. The maximum atomic E-state index is 12.0. The number of ether oxygens (including phenoxy) is 1. The van der Waals surface area contributed by atoms with Gasteiger partial charge in [0.05, 0.1) is 12.7 Å². The molecule has 3 aromatic rings. The number of rotatable bonds is 8. The SMILES string of the molecule is COc1ccc(CNCc2c(C(=O)O)c(C)n(Cc3ccccc3C)c2C)cc1. The van der Waals surface area contributed by atoms with E-state index in [0.29, 0.717) is 25.2 Å². The van der Waals surface area contributed by atoms with Gasteiger partial charge < -0.3 is 19.7 Å². The summed E-state index contributed by atoms with van der Waals surface area (Å²) in [5.41, 5.74) is 6.55. The third kappa shape index (κ3) is 4.51. The maximum Gasteiger partial charge on any atom is 0.337 e. The Morgan fingerprint density at radius 3 is 2.31 bits per heavy atom. The number of aryl methyl sites for hydroxylation is 1. The topological polar surface area (TPSA) is 63.5 Å². The summed E-state index contributed by atoms with van der Waals surface area (Å²) in [5, 5.41) is 13.2. The van der Waals surface area contributed by atoms with E-state index in [9.17, 15) is 9.90 Å². The summed E-state index contributed by atoms with van der Waals surface area (Å²) >= 11 is 0. The van der Waals surface area contributed by atoms with E-state index in [2.05, 4.69) is 28.9 Å². The van der Waals surface area contributed by atoms with Crippen LogP contribution in [0.15, 0.2) is 48.5 Å². The summed E-state index contributed by atoms with van der Waals surface area (Å²) in [6, 6.07) is 16.1. The quantitative estimate of drug-likeness (QED) is 0.594. The van der Waals surface area contributed by atoms with Gasteiger partial charge in [0.2, 0.25) is 0 Å². The molecule has 2 aromatic carbocycles. The molecule has 0 atom stereocenters. The lowest BCUT2D eigenvalue weighted by Crippen LogP contribution is -2.15. The normalized spacial score (nSPS) is 10.9. The van der Waals surface area contributed by atoms with Crippen molar-refractivity contribution in [1.82, 2.24) is 9.88 Å². The van der Waals surface area contributed by atoms with Crippen LogP contribution in [0.4, 0.5) is 0 Å². The van der Waals surface area contributed by atoms with Crippen LogP contribution in [-0.4, -0.2) is 22.8 Å². The highest BCUT2D eigenvalue weighted by molar-refractivity contribution is 5.91. The summed E-state index contributed by atoms with van der Waals surface area (Å²) in [6.07, 6.45) is 0. The average molecular weight is 392 g/mol. The second-order valence-corrected chi connectivity index (χ2v) is 7.29. The molecule has 1 heterocycles. The van der Waals surface area contributed by atoms with E-state index < -0.39 is 5.97 Å². The molecule has 0 aliphatic heterocycles. The molecule has 0 saturated heterocycles. The van der Waals surface area contributed by atoms with Crippen LogP contribution in [-0.2, 0) is 19.6 Å². The predicted octanol–water partition coefficient (Wildman–Crippen LogP) is 4.46. The van der Waals surface area contributed by atoms with Gasteiger partial charge in [0, 0.05) is 36.6 Å². The lowest BCUT2D eigenvalue weighted by atomic mass is 10.1. The van der Waals surface area contributed by atoms with E-state index in [1.54, 1.807) is 7.11 Å². The minimum atomic E-state index is -0.879. The van der Waals surface area contributed by atoms with Crippen molar-refractivity contribution in [3.63, 3.8) is 0 Å². The van der Waals surface area contributed by atoms with Crippen molar-refractivity contribution in [2.45, 2.75) is 40.4 Å². The second kappa shape index (κ2) is 8.97. The minimum Gasteiger partial charge on any atom is -0.497 e.